The van der Waals surface area contributed by atoms with Crippen molar-refractivity contribution < 1.29 is 4.79 Å². The van der Waals surface area contributed by atoms with Crippen LogP contribution in [0.15, 0.2) is 29.2 Å². The van der Waals surface area contributed by atoms with Gasteiger partial charge >= 0.3 is 0 Å². The number of rotatable bonds is 7. The Morgan fingerprint density at radius 3 is 2.56 bits per heavy atom. The lowest BCUT2D eigenvalue weighted by Crippen LogP contribution is -2.05. The topological polar surface area (TPSA) is 29.1 Å². The largest absolute Gasteiger partial charge is 0.326 e. The number of nitrogens with one attached hydrogen (secondary N) is 1. The molecular formula is C14H20BrNOS. The molecule has 1 amide bonds. The van der Waals surface area contributed by atoms with Crippen LogP contribution in [-0.2, 0) is 4.79 Å². The van der Waals surface area contributed by atoms with Crippen LogP contribution >= 0.6 is 27.7 Å². The third-order valence-corrected chi connectivity index (χ3v) is 4.16. The fraction of sp³-hybridized carbons (Fsp3) is 0.500. The van der Waals surface area contributed by atoms with Crippen molar-refractivity contribution in [3.63, 3.8) is 0 Å². The minimum Gasteiger partial charge on any atom is -0.326 e. The Bertz CT molecular complexity index is 367. The van der Waals surface area contributed by atoms with Gasteiger partial charge in [0.2, 0.25) is 5.91 Å². The molecule has 0 aromatic heterocycles. The zero-order chi connectivity index (χ0) is 13.4. The van der Waals surface area contributed by atoms with E-state index in [0.29, 0.717) is 0 Å². The summed E-state index contributed by atoms with van der Waals surface area (Å²) in [6.45, 7) is 3.82. The summed E-state index contributed by atoms with van der Waals surface area (Å²) < 4.78 is 0. The first-order valence-electron chi connectivity index (χ1n) is 6.18. The molecule has 0 aliphatic heterocycles. The summed E-state index contributed by atoms with van der Waals surface area (Å²) >= 11 is 5.35. The normalized spacial score (nSPS) is 12.2. The summed E-state index contributed by atoms with van der Waals surface area (Å²) in [5.41, 5.74) is 0.861. The highest BCUT2D eigenvalue weighted by atomic mass is 79.9. The van der Waals surface area contributed by atoms with Crippen molar-refractivity contribution >= 4 is 39.3 Å². The van der Waals surface area contributed by atoms with Crippen molar-refractivity contribution in [3.05, 3.63) is 24.3 Å². The molecule has 2 nitrogen and oxygen atoms in total. The molecule has 1 aromatic carbocycles. The molecule has 0 heterocycles. The zero-order valence-corrected chi connectivity index (χ0v) is 13.3. The minimum atomic E-state index is -0.0287. The van der Waals surface area contributed by atoms with Crippen molar-refractivity contribution in [1.82, 2.24) is 0 Å². The van der Waals surface area contributed by atoms with Gasteiger partial charge in [-0.2, -0.15) is 0 Å². The average Bonchev–Trinajstić information content (AvgIpc) is 2.31. The van der Waals surface area contributed by atoms with E-state index in [2.05, 4.69) is 40.3 Å². The predicted molar refractivity (Wildman–Crippen MR) is 83.7 cm³/mol. The van der Waals surface area contributed by atoms with Crippen LogP contribution in [0, 0.1) is 5.92 Å². The van der Waals surface area contributed by atoms with Crippen LogP contribution in [-0.4, -0.2) is 17.0 Å². The van der Waals surface area contributed by atoms with Gasteiger partial charge in [-0.15, -0.1) is 11.8 Å². The van der Waals surface area contributed by atoms with E-state index in [1.54, 1.807) is 0 Å². The van der Waals surface area contributed by atoms with Crippen LogP contribution in [0.3, 0.4) is 0 Å². The van der Waals surface area contributed by atoms with Crippen LogP contribution in [0.4, 0.5) is 5.69 Å². The van der Waals surface area contributed by atoms with Gasteiger partial charge in [-0.3, -0.25) is 4.79 Å². The van der Waals surface area contributed by atoms with Crippen LogP contribution in [0.25, 0.3) is 0 Å². The Kier molecular flexibility index (Phi) is 7.44. The smallest absolute Gasteiger partial charge is 0.221 e. The molecule has 0 bridgehead atoms. The summed E-state index contributed by atoms with van der Waals surface area (Å²) in [4.78, 5) is 12.1. The molecule has 0 aliphatic carbocycles. The van der Waals surface area contributed by atoms with E-state index >= 15 is 0 Å². The van der Waals surface area contributed by atoms with Gasteiger partial charge in [-0.05, 0) is 48.8 Å². The molecule has 0 saturated carbocycles. The van der Waals surface area contributed by atoms with Gasteiger partial charge in [0.05, 0.1) is 0 Å². The Balaban J connectivity index is 2.32. The molecule has 1 N–H and O–H groups in total. The molecule has 1 rings (SSSR count). The second-order valence-corrected chi connectivity index (χ2v) is 6.39. The van der Waals surface area contributed by atoms with Gasteiger partial charge in [-0.1, -0.05) is 22.9 Å². The van der Waals surface area contributed by atoms with Crippen LogP contribution in [0.2, 0.25) is 0 Å². The molecule has 100 valence electrons. The van der Waals surface area contributed by atoms with E-state index in [1.165, 1.54) is 24.7 Å². The number of hydrogen-bond acceptors (Lipinski definition) is 2. The van der Waals surface area contributed by atoms with Crippen molar-refractivity contribution in [3.8, 4) is 0 Å². The fourth-order valence-corrected chi connectivity index (χ4v) is 3.41. The fourth-order valence-electron chi connectivity index (χ4n) is 1.55. The third-order valence-electron chi connectivity index (χ3n) is 2.66. The Morgan fingerprint density at radius 1 is 1.33 bits per heavy atom. The quantitative estimate of drug-likeness (QED) is 0.587. The van der Waals surface area contributed by atoms with E-state index < -0.39 is 0 Å². The van der Waals surface area contributed by atoms with Crippen molar-refractivity contribution in [2.24, 2.45) is 5.92 Å². The molecule has 1 atom stereocenters. The number of alkyl halides is 1. The lowest BCUT2D eigenvalue weighted by molar-refractivity contribution is -0.114. The molecule has 0 aliphatic rings. The molecule has 4 heteroatoms. The van der Waals surface area contributed by atoms with E-state index in [9.17, 15) is 4.79 Å². The van der Waals surface area contributed by atoms with E-state index in [4.69, 9.17) is 0 Å². The molecule has 1 aromatic rings. The second kappa shape index (κ2) is 8.59. The van der Waals surface area contributed by atoms with Crippen molar-refractivity contribution in [2.75, 3.05) is 16.4 Å². The molecule has 0 spiro atoms. The highest BCUT2D eigenvalue weighted by Crippen LogP contribution is 2.23. The molecule has 18 heavy (non-hydrogen) atoms. The highest BCUT2D eigenvalue weighted by molar-refractivity contribution is 9.09. The number of carbonyl (C=O) groups is 1. The molecule has 0 saturated heterocycles. The molecular weight excluding hydrogens is 310 g/mol. The average molecular weight is 330 g/mol. The Hall–Kier alpha value is -0.480. The number of benzene rings is 1. The van der Waals surface area contributed by atoms with Gasteiger partial charge in [0.15, 0.2) is 0 Å². The van der Waals surface area contributed by atoms with Crippen LogP contribution < -0.4 is 5.32 Å². The number of amides is 1. The van der Waals surface area contributed by atoms with E-state index in [1.807, 2.05) is 23.9 Å². The minimum absolute atomic E-state index is 0.0287. The zero-order valence-electron chi connectivity index (χ0n) is 10.9. The van der Waals surface area contributed by atoms with Gasteiger partial charge in [0.1, 0.15) is 0 Å². The lowest BCUT2D eigenvalue weighted by Gasteiger charge is -2.09. The Morgan fingerprint density at radius 2 is 2.00 bits per heavy atom. The maximum atomic E-state index is 10.9. The standard InChI is InChI=1S/C14H20BrNOS/c1-11(7-9-15)8-10-18-14-5-3-13(4-6-14)16-12(2)17/h3-6,11H,7-10H2,1-2H3,(H,16,17). The summed E-state index contributed by atoms with van der Waals surface area (Å²) in [6, 6.07) is 8.02. The highest BCUT2D eigenvalue weighted by Gasteiger charge is 2.02. The van der Waals surface area contributed by atoms with Gasteiger partial charge in [0.25, 0.3) is 0 Å². The number of halogens is 1. The first kappa shape index (κ1) is 15.6. The Labute approximate surface area is 122 Å². The van der Waals surface area contributed by atoms with E-state index in [-0.39, 0.29) is 5.91 Å². The predicted octanol–water partition coefficient (Wildman–Crippen LogP) is 4.55. The van der Waals surface area contributed by atoms with Crippen molar-refractivity contribution in [1.29, 1.82) is 0 Å². The van der Waals surface area contributed by atoms with Crippen LogP contribution in [0.5, 0.6) is 0 Å². The van der Waals surface area contributed by atoms with Gasteiger partial charge in [0, 0.05) is 22.8 Å². The summed E-state index contributed by atoms with van der Waals surface area (Å²) in [5.74, 6) is 1.89. The number of carbonyl (C=O) groups excluding carboxylic acids is 1. The number of thioether (sulfide) groups is 1. The third kappa shape index (κ3) is 6.45. The van der Waals surface area contributed by atoms with Gasteiger partial charge < -0.3 is 5.32 Å². The maximum absolute atomic E-state index is 10.9. The van der Waals surface area contributed by atoms with Crippen LogP contribution in [0.1, 0.15) is 26.7 Å². The van der Waals surface area contributed by atoms with Crippen molar-refractivity contribution in [2.45, 2.75) is 31.6 Å². The second-order valence-electron chi connectivity index (χ2n) is 4.43. The molecule has 0 radical (unpaired) electrons. The maximum Gasteiger partial charge on any atom is 0.221 e. The molecule has 0 fully saturated rings. The summed E-state index contributed by atoms with van der Waals surface area (Å²) in [5, 5.41) is 3.86. The molecule has 1 unspecified atom stereocenters. The first-order valence-corrected chi connectivity index (χ1v) is 8.29. The number of anilines is 1. The lowest BCUT2D eigenvalue weighted by atomic mass is 10.1. The van der Waals surface area contributed by atoms with Gasteiger partial charge in [-0.25, -0.2) is 0 Å². The summed E-state index contributed by atoms with van der Waals surface area (Å²) in [6.07, 6.45) is 2.48. The summed E-state index contributed by atoms with van der Waals surface area (Å²) in [7, 11) is 0. The first-order chi connectivity index (χ1) is 8.61. The van der Waals surface area contributed by atoms with E-state index in [0.717, 1.165) is 22.7 Å². The monoisotopic (exact) mass is 329 g/mol. The number of hydrogen-bond donors (Lipinski definition) is 1. The SMILES string of the molecule is CC(=O)Nc1ccc(SCCC(C)CCBr)cc1.